The Labute approximate surface area is 117 Å². The molecule has 0 radical (unpaired) electrons. The van der Waals surface area contributed by atoms with Crippen LogP contribution < -0.4 is 4.90 Å². The largest absolute Gasteiger partial charge is 0.394 e. The zero-order chi connectivity index (χ0) is 14.5. The summed E-state index contributed by atoms with van der Waals surface area (Å²) in [6.45, 7) is 0.494. The van der Waals surface area contributed by atoms with Crippen LogP contribution in [-0.4, -0.2) is 34.3 Å². The maximum Gasteiger partial charge on any atom is 0.292 e. The lowest BCUT2D eigenvalue weighted by Crippen LogP contribution is -2.37. The third-order valence-electron chi connectivity index (χ3n) is 3.82. The second-order valence-corrected chi connectivity index (χ2v) is 5.12. The lowest BCUT2D eigenvalue weighted by atomic mass is 10.1. The van der Waals surface area contributed by atoms with Crippen LogP contribution in [-0.2, 0) is 6.61 Å². The van der Waals surface area contributed by atoms with Gasteiger partial charge in [-0.05, 0) is 24.5 Å². The van der Waals surface area contributed by atoms with Crippen molar-refractivity contribution in [2.45, 2.75) is 38.3 Å². The minimum Gasteiger partial charge on any atom is -0.394 e. The zero-order valence-electron chi connectivity index (χ0n) is 11.4. The fourth-order valence-corrected chi connectivity index (χ4v) is 2.74. The molecule has 1 aromatic carbocycles. The molecule has 0 aromatic heterocycles. The van der Waals surface area contributed by atoms with Crippen molar-refractivity contribution < 1.29 is 15.1 Å². The molecule has 1 saturated heterocycles. The van der Waals surface area contributed by atoms with Gasteiger partial charge < -0.3 is 15.1 Å². The fraction of sp³-hybridized carbons (Fsp3) is 0.571. The van der Waals surface area contributed by atoms with Gasteiger partial charge in [0.05, 0.1) is 24.2 Å². The van der Waals surface area contributed by atoms with Crippen molar-refractivity contribution in [1.29, 1.82) is 0 Å². The third-order valence-corrected chi connectivity index (χ3v) is 3.82. The number of rotatable bonds is 4. The number of anilines is 1. The van der Waals surface area contributed by atoms with Gasteiger partial charge >= 0.3 is 0 Å². The highest BCUT2D eigenvalue weighted by molar-refractivity contribution is 5.65. The van der Waals surface area contributed by atoms with Crippen molar-refractivity contribution in [2.75, 3.05) is 18.1 Å². The van der Waals surface area contributed by atoms with Crippen LogP contribution in [0, 0.1) is 10.1 Å². The van der Waals surface area contributed by atoms with Crippen LogP contribution in [0.5, 0.6) is 0 Å². The number of nitro groups is 1. The predicted molar refractivity (Wildman–Crippen MR) is 75.7 cm³/mol. The predicted octanol–water partition coefficient (Wildman–Crippen LogP) is 1.83. The van der Waals surface area contributed by atoms with Crippen molar-refractivity contribution in [3.63, 3.8) is 0 Å². The molecule has 2 N–H and O–H groups in total. The van der Waals surface area contributed by atoms with Gasteiger partial charge in [-0.15, -0.1) is 0 Å². The lowest BCUT2D eigenvalue weighted by molar-refractivity contribution is -0.384. The zero-order valence-corrected chi connectivity index (χ0v) is 11.4. The van der Waals surface area contributed by atoms with E-state index < -0.39 is 4.92 Å². The SMILES string of the molecule is O=[N+]([O-])c1cc(CO)ccc1N1CCCCCC1CO. The average Bonchev–Trinajstić information content (AvgIpc) is 2.71. The van der Waals surface area contributed by atoms with E-state index in [9.17, 15) is 15.2 Å². The van der Waals surface area contributed by atoms with E-state index in [4.69, 9.17) is 5.11 Å². The third kappa shape index (κ3) is 3.08. The molecule has 6 nitrogen and oxygen atoms in total. The van der Waals surface area contributed by atoms with Crippen LogP contribution in [0.3, 0.4) is 0 Å². The van der Waals surface area contributed by atoms with Crippen molar-refractivity contribution in [2.24, 2.45) is 0 Å². The van der Waals surface area contributed by atoms with E-state index in [1.807, 2.05) is 4.90 Å². The Morgan fingerprint density at radius 3 is 2.75 bits per heavy atom. The number of hydrogen-bond acceptors (Lipinski definition) is 5. The number of aliphatic hydroxyl groups is 2. The standard InChI is InChI=1S/C14H20N2O4/c17-9-11-5-6-13(14(8-11)16(19)20)15-7-3-1-2-4-12(15)10-18/h5-6,8,12,17-18H,1-4,7,9-10H2. The highest BCUT2D eigenvalue weighted by Crippen LogP contribution is 2.33. The highest BCUT2D eigenvalue weighted by atomic mass is 16.6. The minimum atomic E-state index is -0.423. The van der Waals surface area contributed by atoms with Gasteiger partial charge in [0.15, 0.2) is 0 Å². The summed E-state index contributed by atoms with van der Waals surface area (Å²) in [4.78, 5) is 12.8. The van der Waals surface area contributed by atoms with Crippen molar-refractivity contribution in [3.8, 4) is 0 Å². The number of nitro benzene ring substituents is 1. The number of hydrogen-bond donors (Lipinski definition) is 2. The summed E-state index contributed by atoms with van der Waals surface area (Å²) < 4.78 is 0. The van der Waals surface area contributed by atoms with Gasteiger partial charge in [0.2, 0.25) is 0 Å². The Morgan fingerprint density at radius 2 is 2.10 bits per heavy atom. The lowest BCUT2D eigenvalue weighted by Gasteiger charge is -2.30. The van der Waals surface area contributed by atoms with Gasteiger partial charge in [0.25, 0.3) is 5.69 Å². The Bertz CT molecular complexity index is 478. The quantitative estimate of drug-likeness (QED) is 0.649. The molecule has 0 amide bonds. The minimum absolute atomic E-state index is 0.00109. The Kier molecular flexibility index (Phi) is 4.92. The summed E-state index contributed by atoms with van der Waals surface area (Å²) in [6.07, 6.45) is 3.92. The number of aliphatic hydroxyl groups excluding tert-OH is 2. The first-order valence-corrected chi connectivity index (χ1v) is 6.93. The Balaban J connectivity index is 2.40. The molecule has 1 aliphatic rings. The molecule has 110 valence electrons. The first-order chi connectivity index (χ1) is 9.67. The second kappa shape index (κ2) is 6.67. The monoisotopic (exact) mass is 280 g/mol. The molecule has 1 atom stereocenters. The van der Waals surface area contributed by atoms with Crippen molar-refractivity contribution in [3.05, 3.63) is 33.9 Å². The van der Waals surface area contributed by atoms with E-state index in [1.54, 1.807) is 12.1 Å². The summed E-state index contributed by atoms with van der Waals surface area (Å²) in [7, 11) is 0. The van der Waals surface area contributed by atoms with Gasteiger partial charge in [0.1, 0.15) is 5.69 Å². The molecular weight excluding hydrogens is 260 g/mol. The topological polar surface area (TPSA) is 86.8 Å². The Morgan fingerprint density at radius 1 is 1.30 bits per heavy atom. The first-order valence-electron chi connectivity index (χ1n) is 6.93. The van der Waals surface area contributed by atoms with Gasteiger partial charge in [-0.1, -0.05) is 18.9 Å². The Hall–Kier alpha value is -1.66. The molecule has 1 fully saturated rings. The van der Waals surface area contributed by atoms with Crippen LogP contribution in [0.2, 0.25) is 0 Å². The second-order valence-electron chi connectivity index (χ2n) is 5.12. The van der Waals surface area contributed by atoms with E-state index in [0.717, 1.165) is 25.7 Å². The summed E-state index contributed by atoms with van der Waals surface area (Å²) in [5.74, 6) is 0. The summed E-state index contributed by atoms with van der Waals surface area (Å²) >= 11 is 0. The van der Waals surface area contributed by atoms with Gasteiger partial charge in [-0.25, -0.2) is 0 Å². The summed E-state index contributed by atoms with van der Waals surface area (Å²) in [5, 5.41) is 29.9. The molecule has 1 aliphatic heterocycles. The first kappa shape index (κ1) is 14.7. The smallest absolute Gasteiger partial charge is 0.292 e. The fourth-order valence-electron chi connectivity index (χ4n) is 2.74. The van der Waals surface area contributed by atoms with Gasteiger partial charge in [-0.3, -0.25) is 10.1 Å². The molecule has 20 heavy (non-hydrogen) atoms. The van der Waals surface area contributed by atoms with Crippen molar-refractivity contribution in [1.82, 2.24) is 0 Å². The molecule has 1 heterocycles. The van der Waals surface area contributed by atoms with Crippen LogP contribution in [0.1, 0.15) is 31.2 Å². The molecular formula is C14H20N2O4. The maximum absolute atomic E-state index is 11.2. The molecule has 6 heteroatoms. The van der Waals surface area contributed by atoms with Crippen LogP contribution in [0.25, 0.3) is 0 Å². The molecule has 2 rings (SSSR count). The van der Waals surface area contributed by atoms with Gasteiger partial charge in [-0.2, -0.15) is 0 Å². The van der Waals surface area contributed by atoms with E-state index in [0.29, 0.717) is 17.8 Å². The highest BCUT2D eigenvalue weighted by Gasteiger charge is 2.26. The number of nitrogens with zero attached hydrogens (tertiary/aromatic N) is 2. The van der Waals surface area contributed by atoms with Crippen LogP contribution in [0.4, 0.5) is 11.4 Å². The van der Waals surface area contributed by atoms with Crippen molar-refractivity contribution >= 4 is 11.4 Å². The van der Waals surface area contributed by atoms with Gasteiger partial charge in [0, 0.05) is 12.6 Å². The molecule has 0 spiro atoms. The summed E-state index contributed by atoms with van der Waals surface area (Å²) in [5.41, 5.74) is 1.06. The van der Waals surface area contributed by atoms with Crippen LogP contribution in [0.15, 0.2) is 18.2 Å². The normalized spacial score (nSPS) is 19.7. The van der Waals surface area contributed by atoms with E-state index >= 15 is 0 Å². The molecule has 0 aliphatic carbocycles. The molecule has 0 saturated carbocycles. The molecule has 0 bridgehead atoms. The molecule has 1 unspecified atom stereocenters. The van der Waals surface area contributed by atoms with E-state index in [1.165, 1.54) is 6.07 Å². The average molecular weight is 280 g/mol. The van der Waals surface area contributed by atoms with E-state index in [2.05, 4.69) is 0 Å². The maximum atomic E-state index is 11.2. The summed E-state index contributed by atoms with van der Waals surface area (Å²) in [6, 6.07) is 4.71. The van der Waals surface area contributed by atoms with Crippen LogP contribution >= 0.6 is 0 Å². The molecule has 1 aromatic rings. The number of benzene rings is 1. The van der Waals surface area contributed by atoms with E-state index in [-0.39, 0.29) is 24.9 Å².